The van der Waals surface area contributed by atoms with Crippen LogP contribution in [0.5, 0.6) is 0 Å². The maximum Gasteiger partial charge on any atom is 0.325 e. The molecule has 0 aliphatic rings. The normalized spacial score (nSPS) is 10.0. The van der Waals surface area contributed by atoms with Crippen molar-refractivity contribution < 1.29 is 14.3 Å². The first-order valence-electron chi connectivity index (χ1n) is 7.00. The Morgan fingerprint density at radius 3 is 2.52 bits per heavy atom. The van der Waals surface area contributed by atoms with Crippen LogP contribution in [0.15, 0.2) is 54.6 Å². The minimum Gasteiger partial charge on any atom is -0.468 e. The Morgan fingerprint density at radius 1 is 1.13 bits per heavy atom. The fourth-order valence-electron chi connectivity index (χ4n) is 1.99. The summed E-state index contributed by atoms with van der Waals surface area (Å²) in [7, 11) is 1.29. The van der Waals surface area contributed by atoms with E-state index in [0.717, 1.165) is 5.56 Å². The van der Waals surface area contributed by atoms with Crippen LogP contribution in [0.3, 0.4) is 0 Å². The first-order chi connectivity index (χ1) is 11.1. The van der Waals surface area contributed by atoms with Crippen LogP contribution in [0, 0.1) is 0 Å². The second-order valence-corrected chi connectivity index (χ2v) is 5.29. The standard InChI is InChI=1S/C17H17ClN2O3/c1-23-16(21)12-20(11-13-6-3-2-4-7-13)17(22)19-15-9-5-8-14(18)10-15/h2-10H,11-12H2,1H3,(H,19,22). The predicted molar refractivity (Wildman–Crippen MR) is 89.3 cm³/mol. The van der Waals surface area contributed by atoms with Gasteiger partial charge in [-0.3, -0.25) is 4.79 Å². The minimum absolute atomic E-state index is 0.141. The number of ether oxygens (including phenoxy) is 1. The molecule has 2 aromatic rings. The maximum absolute atomic E-state index is 12.4. The van der Waals surface area contributed by atoms with E-state index < -0.39 is 12.0 Å². The molecule has 0 saturated heterocycles. The summed E-state index contributed by atoms with van der Waals surface area (Å²) in [6, 6.07) is 15.8. The Hall–Kier alpha value is -2.53. The number of nitrogens with zero attached hydrogens (tertiary/aromatic N) is 1. The summed E-state index contributed by atoms with van der Waals surface area (Å²) < 4.78 is 4.66. The van der Waals surface area contributed by atoms with Gasteiger partial charge in [0.15, 0.2) is 0 Å². The smallest absolute Gasteiger partial charge is 0.325 e. The van der Waals surface area contributed by atoms with Crippen LogP contribution in [-0.4, -0.2) is 30.6 Å². The molecular weight excluding hydrogens is 316 g/mol. The average Bonchev–Trinajstić information content (AvgIpc) is 2.55. The molecule has 5 nitrogen and oxygen atoms in total. The summed E-state index contributed by atoms with van der Waals surface area (Å²) >= 11 is 5.91. The van der Waals surface area contributed by atoms with Gasteiger partial charge >= 0.3 is 12.0 Å². The van der Waals surface area contributed by atoms with Crippen molar-refractivity contribution in [3.05, 3.63) is 65.2 Å². The summed E-state index contributed by atoms with van der Waals surface area (Å²) in [5, 5.41) is 3.25. The number of esters is 1. The van der Waals surface area contributed by atoms with Crippen LogP contribution < -0.4 is 5.32 Å². The number of nitrogens with one attached hydrogen (secondary N) is 1. The molecule has 0 radical (unpaired) electrons. The zero-order valence-corrected chi connectivity index (χ0v) is 13.4. The van der Waals surface area contributed by atoms with Crippen molar-refractivity contribution >= 4 is 29.3 Å². The lowest BCUT2D eigenvalue weighted by atomic mass is 10.2. The van der Waals surface area contributed by atoms with Crippen molar-refractivity contribution in [2.24, 2.45) is 0 Å². The third-order valence-electron chi connectivity index (χ3n) is 3.13. The van der Waals surface area contributed by atoms with Crippen LogP contribution in [0.2, 0.25) is 5.02 Å². The van der Waals surface area contributed by atoms with Gasteiger partial charge in [0, 0.05) is 17.3 Å². The summed E-state index contributed by atoms with van der Waals surface area (Å²) in [5.74, 6) is -0.484. The monoisotopic (exact) mass is 332 g/mol. The number of carbonyl (C=O) groups excluding carboxylic acids is 2. The van der Waals surface area contributed by atoms with Crippen LogP contribution in [0.4, 0.5) is 10.5 Å². The number of urea groups is 1. The molecule has 0 fully saturated rings. The van der Waals surface area contributed by atoms with Gasteiger partial charge in [0.05, 0.1) is 7.11 Å². The topological polar surface area (TPSA) is 58.6 Å². The number of hydrogen-bond acceptors (Lipinski definition) is 3. The third kappa shape index (κ3) is 5.30. The quantitative estimate of drug-likeness (QED) is 0.852. The van der Waals surface area contributed by atoms with Gasteiger partial charge in [0.2, 0.25) is 0 Å². The Bertz CT molecular complexity index is 677. The molecule has 120 valence electrons. The van der Waals surface area contributed by atoms with Crippen LogP contribution >= 0.6 is 11.6 Å². The minimum atomic E-state index is -0.484. The zero-order valence-electron chi connectivity index (χ0n) is 12.7. The SMILES string of the molecule is COC(=O)CN(Cc1ccccc1)C(=O)Nc1cccc(Cl)c1. The van der Waals surface area contributed by atoms with E-state index in [1.807, 2.05) is 30.3 Å². The van der Waals surface area contributed by atoms with Crippen molar-refractivity contribution in [3.8, 4) is 0 Å². The van der Waals surface area contributed by atoms with E-state index in [1.54, 1.807) is 24.3 Å². The molecular formula is C17H17ClN2O3. The summed E-state index contributed by atoms with van der Waals surface area (Å²) in [6.07, 6.45) is 0. The number of amides is 2. The zero-order chi connectivity index (χ0) is 16.7. The summed E-state index contributed by atoms with van der Waals surface area (Å²) in [5.41, 5.74) is 1.48. The maximum atomic E-state index is 12.4. The van der Waals surface area contributed by atoms with Gasteiger partial charge in [-0.25, -0.2) is 4.79 Å². The largest absolute Gasteiger partial charge is 0.468 e. The van der Waals surface area contributed by atoms with Crippen molar-refractivity contribution in [1.29, 1.82) is 0 Å². The molecule has 2 rings (SSSR count). The van der Waals surface area contributed by atoms with Crippen molar-refractivity contribution in [2.45, 2.75) is 6.54 Å². The molecule has 0 atom stereocenters. The van der Waals surface area contributed by atoms with Gasteiger partial charge < -0.3 is 15.0 Å². The van der Waals surface area contributed by atoms with E-state index in [-0.39, 0.29) is 6.54 Å². The van der Waals surface area contributed by atoms with Crippen molar-refractivity contribution in [1.82, 2.24) is 4.90 Å². The van der Waals surface area contributed by atoms with Crippen LogP contribution in [0.25, 0.3) is 0 Å². The van der Waals surface area contributed by atoms with Crippen molar-refractivity contribution in [2.75, 3.05) is 19.0 Å². The molecule has 0 aliphatic carbocycles. The highest BCUT2D eigenvalue weighted by Gasteiger charge is 2.18. The van der Waals surface area contributed by atoms with E-state index in [0.29, 0.717) is 17.3 Å². The number of hydrogen-bond donors (Lipinski definition) is 1. The fraction of sp³-hybridized carbons (Fsp3) is 0.176. The summed E-state index contributed by atoms with van der Waals surface area (Å²) in [4.78, 5) is 25.4. The van der Waals surface area contributed by atoms with Gasteiger partial charge in [-0.05, 0) is 23.8 Å². The Morgan fingerprint density at radius 2 is 1.87 bits per heavy atom. The van der Waals surface area contributed by atoms with Gasteiger partial charge in [0.1, 0.15) is 6.54 Å². The lowest BCUT2D eigenvalue weighted by molar-refractivity contribution is -0.141. The Balaban J connectivity index is 2.11. The number of carbonyl (C=O) groups is 2. The van der Waals surface area contributed by atoms with E-state index in [9.17, 15) is 9.59 Å². The van der Waals surface area contributed by atoms with Gasteiger partial charge in [0.25, 0.3) is 0 Å². The Labute approximate surface area is 139 Å². The molecule has 0 unspecified atom stereocenters. The van der Waals surface area contributed by atoms with E-state index in [1.165, 1.54) is 12.0 Å². The van der Waals surface area contributed by atoms with E-state index in [4.69, 9.17) is 11.6 Å². The first-order valence-corrected chi connectivity index (χ1v) is 7.38. The van der Waals surface area contributed by atoms with Gasteiger partial charge in [-0.1, -0.05) is 48.0 Å². The highest BCUT2D eigenvalue weighted by Crippen LogP contribution is 2.16. The molecule has 0 bridgehead atoms. The van der Waals surface area contributed by atoms with Gasteiger partial charge in [-0.2, -0.15) is 0 Å². The van der Waals surface area contributed by atoms with Crippen LogP contribution in [0.1, 0.15) is 5.56 Å². The molecule has 0 heterocycles. The molecule has 2 amide bonds. The molecule has 1 N–H and O–H groups in total. The fourth-order valence-corrected chi connectivity index (χ4v) is 2.18. The molecule has 0 aromatic heterocycles. The predicted octanol–water partition coefficient (Wildman–Crippen LogP) is 3.55. The van der Waals surface area contributed by atoms with E-state index in [2.05, 4.69) is 10.1 Å². The summed E-state index contributed by atoms with van der Waals surface area (Å²) in [6.45, 7) is 0.153. The number of methoxy groups -OCH3 is 1. The molecule has 23 heavy (non-hydrogen) atoms. The number of benzene rings is 2. The highest BCUT2D eigenvalue weighted by molar-refractivity contribution is 6.30. The number of rotatable bonds is 5. The second-order valence-electron chi connectivity index (χ2n) is 4.86. The lowest BCUT2D eigenvalue weighted by Crippen LogP contribution is -2.38. The molecule has 6 heteroatoms. The molecule has 2 aromatic carbocycles. The number of halogens is 1. The lowest BCUT2D eigenvalue weighted by Gasteiger charge is -2.22. The third-order valence-corrected chi connectivity index (χ3v) is 3.36. The highest BCUT2D eigenvalue weighted by atomic mass is 35.5. The van der Waals surface area contributed by atoms with Crippen molar-refractivity contribution in [3.63, 3.8) is 0 Å². The molecule has 0 aliphatic heterocycles. The molecule has 0 spiro atoms. The second kappa shape index (κ2) is 8.19. The van der Waals surface area contributed by atoms with Crippen LogP contribution in [-0.2, 0) is 16.1 Å². The first kappa shape index (κ1) is 16.8. The van der Waals surface area contributed by atoms with E-state index >= 15 is 0 Å². The average molecular weight is 333 g/mol. The Kier molecular flexibility index (Phi) is 6.00. The van der Waals surface area contributed by atoms with Gasteiger partial charge in [-0.15, -0.1) is 0 Å². The number of anilines is 1. The molecule has 0 saturated carbocycles.